The van der Waals surface area contributed by atoms with Crippen molar-refractivity contribution in [3.63, 3.8) is 0 Å². The molecule has 0 aromatic heterocycles. The van der Waals surface area contributed by atoms with Gasteiger partial charge < -0.3 is 5.11 Å². The summed E-state index contributed by atoms with van der Waals surface area (Å²) in [6.07, 6.45) is 1.82. The molecule has 3 aromatic rings. The van der Waals surface area contributed by atoms with E-state index in [9.17, 15) is 15.3 Å². The molecule has 170 valence electrons. The number of Topliss-reactive ketones (excluding diaryl/α,β-unsaturated/α-hetero) is 1. The smallest absolute Gasteiger partial charge is 0.161 e. The van der Waals surface area contributed by atoms with Gasteiger partial charge in [-0.2, -0.15) is 0 Å². The van der Waals surface area contributed by atoms with Crippen molar-refractivity contribution in [2.45, 2.75) is 25.2 Å². The van der Waals surface area contributed by atoms with Gasteiger partial charge in [-0.25, -0.2) is 0 Å². The average molecular weight is 534 g/mol. The van der Waals surface area contributed by atoms with Crippen molar-refractivity contribution < 1.29 is 9.90 Å². The third kappa shape index (κ3) is 3.89. The predicted octanol–water partition coefficient (Wildman–Crippen LogP) is 7.66. The lowest BCUT2D eigenvalue weighted by atomic mass is 9.73. The highest BCUT2D eigenvalue weighted by atomic mass is 79.9. The predicted molar refractivity (Wildman–Crippen MR) is 140 cm³/mol. The molecular formula is C28H22BrClN2O2. The molecule has 0 amide bonds. The number of hydrogen-bond donors (Lipinski definition) is 2. The molecule has 0 bridgehead atoms. The molecule has 1 unspecified atom stereocenters. The van der Waals surface area contributed by atoms with Crippen LogP contribution in [0.2, 0.25) is 5.02 Å². The van der Waals surface area contributed by atoms with E-state index in [1.54, 1.807) is 23.1 Å². The Labute approximate surface area is 211 Å². The van der Waals surface area contributed by atoms with Gasteiger partial charge in [0.25, 0.3) is 0 Å². The highest BCUT2D eigenvalue weighted by Crippen LogP contribution is 2.49. The number of anilines is 1. The van der Waals surface area contributed by atoms with Gasteiger partial charge in [0, 0.05) is 49.9 Å². The van der Waals surface area contributed by atoms with E-state index in [-0.39, 0.29) is 17.4 Å². The number of rotatable bonds is 3. The first-order valence-corrected chi connectivity index (χ1v) is 12.3. The number of amidine groups is 1. The SMILES string of the molecule is N=C1/C(=C(/O)c2ccccc2)C(c2ccccc2Cl)C2=C(CCCC2=O)N1c1ccc(Br)cc1. The summed E-state index contributed by atoms with van der Waals surface area (Å²) in [7, 11) is 0. The van der Waals surface area contributed by atoms with Crippen LogP contribution in [0, 0.1) is 5.41 Å². The zero-order valence-electron chi connectivity index (χ0n) is 18.3. The van der Waals surface area contributed by atoms with Crippen LogP contribution < -0.4 is 4.90 Å². The van der Waals surface area contributed by atoms with E-state index in [1.807, 2.05) is 60.7 Å². The highest BCUT2D eigenvalue weighted by Gasteiger charge is 2.43. The van der Waals surface area contributed by atoms with Gasteiger partial charge in [0.1, 0.15) is 11.6 Å². The second-order valence-corrected chi connectivity index (χ2v) is 9.70. The van der Waals surface area contributed by atoms with Crippen LogP contribution in [0.25, 0.3) is 5.76 Å². The molecule has 34 heavy (non-hydrogen) atoms. The molecule has 3 aromatic carbocycles. The van der Waals surface area contributed by atoms with Crippen LogP contribution in [0.4, 0.5) is 5.69 Å². The summed E-state index contributed by atoms with van der Waals surface area (Å²) in [5.74, 6) is -0.486. The summed E-state index contributed by atoms with van der Waals surface area (Å²) in [6, 6.07) is 24.2. The van der Waals surface area contributed by atoms with Crippen LogP contribution >= 0.6 is 27.5 Å². The lowest BCUT2D eigenvalue weighted by Gasteiger charge is -2.42. The number of carbonyl (C=O) groups is 1. The Morgan fingerprint density at radius 1 is 0.971 bits per heavy atom. The summed E-state index contributed by atoms with van der Waals surface area (Å²) >= 11 is 10.1. The van der Waals surface area contributed by atoms with E-state index in [0.29, 0.717) is 40.1 Å². The lowest BCUT2D eigenvalue weighted by molar-refractivity contribution is -0.116. The maximum Gasteiger partial charge on any atom is 0.161 e. The van der Waals surface area contributed by atoms with E-state index in [2.05, 4.69) is 15.9 Å². The second-order valence-electron chi connectivity index (χ2n) is 8.38. The Morgan fingerprint density at radius 2 is 1.65 bits per heavy atom. The fraction of sp³-hybridized carbons (Fsp3) is 0.143. The number of hydrogen-bond acceptors (Lipinski definition) is 3. The van der Waals surface area contributed by atoms with Crippen molar-refractivity contribution in [2.24, 2.45) is 0 Å². The summed E-state index contributed by atoms with van der Waals surface area (Å²) in [6.45, 7) is 0. The van der Waals surface area contributed by atoms with Gasteiger partial charge in [0.15, 0.2) is 5.78 Å². The minimum absolute atomic E-state index is 0.0254. The molecule has 1 atom stereocenters. The normalized spacial score (nSPS) is 19.8. The van der Waals surface area contributed by atoms with E-state index in [0.717, 1.165) is 22.3 Å². The molecule has 1 heterocycles. The van der Waals surface area contributed by atoms with E-state index < -0.39 is 5.92 Å². The molecule has 1 aliphatic carbocycles. The standard InChI is InChI=1S/C28H22BrClN2O2/c29-18-13-15-19(16-14-18)32-22-11-6-12-23(33)25(22)24(20-9-4-5-10-21(20)30)26(28(32)31)27(34)17-7-2-1-3-8-17/h1-5,7-10,13-16,24,31,34H,6,11-12H2/b27-26+,31-28?. The fourth-order valence-corrected chi connectivity index (χ4v) is 5.35. The van der Waals surface area contributed by atoms with Gasteiger partial charge in [-0.15, -0.1) is 0 Å². The Kier molecular flexibility index (Phi) is 6.15. The topological polar surface area (TPSA) is 64.4 Å². The summed E-state index contributed by atoms with van der Waals surface area (Å²) in [5, 5.41) is 21.4. The Bertz CT molecular complexity index is 1350. The number of nitrogens with zero attached hydrogens (tertiary/aromatic N) is 1. The number of halogens is 2. The molecule has 1 aliphatic heterocycles. The fourth-order valence-electron chi connectivity index (χ4n) is 4.84. The number of allylic oxidation sites excluding steroid dienone is 2. The van der Waals surface area contributed by atoms with Gasteiger partial charge in [-0.05, 0) is 48.7 Å². The molecule has 2 aliphatic rings. The summed E-state index contributed by atoms with van der Waals surface area (Å²) in [5.41, 5.74) is 3.85. The third-order valence-corrected chi connectivity index (χ3v) is 7.23. The van der Waals surface area contributed by atoms with Crippen LogP contribution in [0.1, 0.15) is 36.3 Å². The summed E-state index contributed by atoms with van der Waals surface area (Å²) in [4.78, 5) is 15.3. The lowest BCUT2D eigenvalue weighted by Crippen LogP contribution is -2.42. The zero-order chi connectivity index (χ0) is 23.8. The molecule has 0 radical (unpaired) electrons. The van der Waals surface area contributed by atoms with Crippen molar-refractivity contribution in [1.29, 1.82) is 5.41 Å². The zero-order valence-corrected chi connectivity index (χ0v) is 20.6. The number of benzene rings is 3. The van der Waals surface area contributed by atoms with Crippen molar-refractivity contribution in [1.82, 2.24) is 0 Å². The van der Waals surface area contributed by atoms with E-state index >= 15 is 0 Å². The van der Waals surface area contributed by atoms with Gasteiger partial charge in [0.05, 0.1) is 0 Å². The first-order valence-electron chi connectivity index (χ1n) is 11.1. The van der Waals surface area contributed by atoms with Crippen LogP contribution in [-0.2, 0) is 4.79 Å². The number of ketones is 1. The largest absolute Gasteiger partial charge is 0.507 e. The maximum atomic E-state index is 13.5. The quantitative estimate of drug-likeness (QED) is 0.340. The van der Waals surface area contributed by atoms with Gasteiger partial charge in [-0.1, -0.05) is 76.1 Å². The molecule has 0 saturated carbocycles. The maximum absolute atomic E-state index is 13.5. The van der Waals surface area contributed by atoms with Crippen molar-refractivity contribution in [2.75, 3.05) is 4.90 Å². The molecule has 5 rings (SSSR count). The Hall–Kier alpha value is -3.15. The van der Waals surface area contributed by atoms with Crippen LogP contribution in [0.3, 0.4) is 0 Å². The molecule has 0 spiro atoms. The number of aliphatic hydroxyl groups excluding tert-OH is 1. The Balaban J connectivity index is 1.84. The highest BCUT2D eigenvalue weighted by molar-refractivity contribution is 9.10. The molecular weight excluding hydrogens is 512 g/mol. The first-order chi connectivity index (χ1) is 16.5. The van der Waals surface area contributed by atoms with Crippen molar-refractivity contribution in [3.05, 3.63) is 116 Å². The monoisotopic (exact) mass is 532 g/mol. The molecule has 0 fully saturated rings. The van der Waals surface area contributed by atoms with Gasteiger partial charge >= 0.3 is 0 Å². The molecule has 2 N–H and O–H groups in total. The molecule has 4 nitrogen and oxygen atoms in total. The second kappa shape index (κ2) is 9.24. The van der Waals surface area contributed by atoms with Crippen molar-refractivity contribution >= 4 is 50.6 Å². The van der Waals surface area contributed by atoms with Crippen molar-refractivity contribution in [3.8, 4) is 0 Å². The van der Waals surface area contributed by atoms with Gasteiger partial charge in [0.2, 0.25) is 0 Å². The third-order valence-electron chi connectivity index (χ3n) is 6.36. The first kappa shape index (κ1) is 22.6. The molecule has 0 saturated heterocycles. The van der Waals surface area contributed by atoms with Crippen LogP contribution in [-0.4, -0.2) is 16.7 Å². The van der Waals surface area contributed by atoms with Crippen LogP contribution in [0.15, 0.2) is 100 Å². The minimum atomic E-state index is -0.629. The number of carbonyl (C=O) groups excluding carboxylic acids is 1. The Morgan fingerprint density at radius 3 is 2.35 bits per heavy atom. The minimum Gasteiger partial charge on any atom is -0.507 e. The number of nitrogens with one attached hydrogen (secondary N) is 1. The molecule has 6 heteroatoms. The summed E-state index contributed by atoms with van der Waals surface area (Å²) < 4.78 is 0.922. The van der Waals surface area contributed by atoms with Crippen LogP contribution in [0.5, 0.6) is 0 Å². The average Bonchev–Trinajstić information content (AvgIpc) is 2.85. The van der Waals surface area contributed by atoms with E-state index in [1.165, 1.54) is 0 Å². The number of aliphatic hydroxyl groups is 1. The van der Waals surface area contributed by atoms with E-state index in [4.69, 9.17) is 11.6 Å². The van der Waals surface area contributed by atoms with Gasteiger partial charge in [-0.3, -0.25) is 15.1 Å².